The molecule has 2 heterocycles. The minimum atomic E-state index is -0.241. The van der Waals surface area contributed by atoms with Crippen molar-refractivity contribution < 1.29 is 4.39 Å². The van der Waals surface area contributed by atoms with Crippen LogP contribution >= 0.6 is 0 Å². The van der Waals surface area contributed by atoms with E-state index < -0.39 is 0 Å². The normalized spacial score (nSPS) is 11.7. The van der Waals surface area contributed by atoms with Gasteiger partial charge in [0.05, 0.1) is 6.20 Å². The fraction of sp³-hybridized carbons (Fsp3) is 0.118. The van der Waals surface area contributed by atoms with E-state index in [9.17, 15) is 4.39 Å². The summed E-state index contributed by atoms with van der Waals surface area (Å²) in [7, 11) is 0. The molecule has 2 aromatic heterocycles. The van der Waals surface area contributed by atoms with Crippen LogP contribution in [0.1, 0.15) is 18.5 Å². The van der Waals surface area contributed by atoms with Crippen molar-refractivity contribution in [3.05, 3.63) is 72.4 Å². The van der Waals surface area contributed by atoms with Gasteiger partial charge in [0.25, 0.3) is 0 Å². The van der Waals surface area contributed by atoms with E-state index in [1.54, 1.807) is 30.7 Å². The van der Waals surface area contributed by atoms with Crippen molar-refractivity contribution in [2.45, 2.75) is 13.0 Å². The molecule has 0 aliphatic rings. The predicted molar refractivity (Wildman–Crippen MR) is 88.0 cm³/mol. The molecule has 5 nitrogen and oxygen atoms in total. The average molecular weight is 309 g/mol. The van der Waals surface area contributed by atoms with E-state index in [2.05, 4.69) is 25.6 Å². The van der Waals surface area contributed by atoms with Gasteiger partial charge in [-0.2, -0.15) is 0 Å². The number of nitrogens with one attached hydrogen (secondary N) is 2. The molecule has 0 aliphatic heterocycles. The van der Waals surface area contributed by atoms with Crippen molar-refractivity contribution >= 4 is 17.5 Å². The minimum Gasteiger partial charge on any atom is -0.363 e. The Labute approximate surface area is 133 Å². The molecule has 0 aliphatic carbocycles. The standard InChI is InChI=1S/C17H16FN5/c1-12(13-5-7-14(18)8-6-13)21-15-3-2-4-16(22-15)23-17-11-19-9-10-20-17/h2-12H,1H3,(H2,20,21,22,23). The summed E-state index contributed by atoms with van der Waals surface area (Å²) in [5.41, 5.74) is 0.987. The number of anilines is 3. The Balaban J connectivity index is 1.71. The third kappa shape index (κ3) is 4.00. The monoisotopic (exact) mass is 309 g/mol. The summed E-state index contributed by atoms with van der Waals surface area (Å²) >= 11 is 0. The highest BCUT2D eigenvalue weighted by Crippen LogP contribution is 2.20. The Hall–Kier alpha value is -3.02. The molecule has 0 fully saturated rings. The Bertz CT molecular complexity index is 761. The summed E-state index contributed by atoms with van der Waals surface area (Å²) in [6, 6.07) is 12.0. The number of pyridine rings is 1. The number of benzene rings is 1. The van der Waals surface area contributed by atoms with Crippen molar-refractivity contribution in [1.29, 1.82) is 0 Å². The molecule has 116 valence electrons. The summed E-state index contributed by atoms with van der Waals surface area (Å²) in [5.74, 6) is 1.77. The van der Waals surface area contributed by atoms with Gasteiger partial charge in [-0.25, -0.2) is 14.4 Å². The SMILES string of the molecule is CC(Nc1cccc(Nc2cnccn2)n1)c1ccc(F)cc1. The van der Waals surface area contributed by atoms with Crippen LogP contribution < -0.4 is 10.6 Å². The molecule has 6 heteroatoms. The highest BCUT2D eigenvalue weighted by molar-refractivity contribution is 5.54. The lowest BCUT2D eigenvalue weighted by Crippen LogP contribution is -2.08. The lowest BCUT2D eigenvalue weighted by atomic mass is 10.1. The molecule has 1 unspecified atom stereocenters. The van der Waals surface area contributed by atoms with E-state index >= 15 is 0 Å². The van der Waals surface area contributed by atoms with Crippen LogP contribution in [-0.4, -0.2) is 15.0 Å². The first-order valence-corrected chi connectivity index (χ1v) is 7.23. The number of hydrogen-bond acceptors (Lipinski definition) is 5. The summed E-state index contributed by atoms with van der Waals surface area (Å²) < 4.78 is 13.0. The lowest BCUT2D eigenvalue weighted by molar-refractivity contribution is 0.626. The molecule has 0 radical (unpaired) electrons. The second-order valence-corrected chi connectivity index (χ2v) is 5.04. The number of nitrogens with zero attached hydrogens (tertiary/aromatic N) is 3. The molecule has 0 saturated heterocycles. The maximum Gasteiger partial charge on any atom is 0.150 e. The maximum atomic E-state index is 13.0. The second kappa shape index (κ2) is 6.83. The smallest absolute Gasteiger partial charge is 0.150 e. The Morgan fingerprint density at radius 3 is 2.48 bits per heavy atom. The van der Waals surface area contributed by atoms with Gasteiger partial charge in [-0.15, -0.1) is 0 Å². The minimum absolute atomic E-state index is 0.00914. The lowest BCUT2D eigenvalue weighted by Gasteiger charge is -2.15. The van der Waals surface area contributed by atoms with Gasteiger partial charge in [0, 0.05) is 18.4 Å². The van der Waals surface area contributed by atoms with Crippen molar-refractivity contribution in [3.8, 4) is 0 Å². The molecule has 3 rings (SSSR count). The molecule has 23 heavy (non-hydrogen) atoms. The highest BCUT2D eigenvalue weighted by Gasteiger charge is 2.07. The molecule has 1 atom stereocenters. The van der Waals surface area contributed by atoms with E-state index in [-0.39, 0.29) is 11.9 Å². The van der Waals surface area contributed by atoms with E-state index in [1.165, 1.54) is 12.1 Å². The third-order valence-corrected chi connectivity index (χ3v) is 3.30. The molecule has 2 N–H and O–H groups in total. The van der Waals surface area contributed by atoms with Crippen molar-refractivity contribution in [2.75, 3.05) is 10.6 Å². The zero-order chi connectivity index (χ0) is 16.1. The summed E-state index contributed by atoms with van der Waals surface area (Å²) in [6.45, 7) is 2.00. The highest BCUT2D eigenvalue weighted by atomic mass is 19.1. The number of hydrogen-bond donors (Lipinski definition) is 2. The second-order valence-electron chi connectivity index (χ2n) is 5.04. The molecule has 0 bridgehead atoms. The first-order chi connectivity index (χ1) is 11.2. The van der Waals surface area contributed by atoms with Crippen LogP contribution in [0.25, 0.3) is 0 Å². The van der Waals surface area contributed by atoms with Crippen LogP contribution in [0, 0.1) is 5.82 Å². The number of rotatable bonds is 5. The zero-order valence-corrected chi connectivity index (χ0v) is 12.6. The Morgan fingerprint density at radius 1 is 0.957 bits per heavy atom. The van der Waals surface area contributed by atoms with E-state index in [4.69, 9.17) is 0 Å². The average Bonchev–Trinajstić information content (AvgIpc) is 2.57. The van der Waals surface area contributed by atoms with Crippen LogP contribution in [0.15, 0.2) is 61.1 Å². The van der Waals surface area contributed by atoms with Gasteiger partial charge in [-0.1, -0.05) is 18.2 Å². The molecule has 1 aromatic carbocycles. The molecule has 3 aromatic rings. The van der Waals surface area contributed by atoms with Gasteiger partial charge in [-0.3, -0.25) is 4.98 Å². The summed E-state index contributed by atoms with van der Waals surface area (Å²) in [4.78, 5) is 12.6. The van der Waals surface area contributed by atoms with Crippen LogP contribution in [0.4, 0.5) is 21.8 Å². The number of aromatic nitrogens is 3. The van der Waals surface area contributed by atoms with Crippen LogP contribution in [-0.2, 0) is 0 Å². The molecule has 0 saturated carbocycles. The van der Waals surface area contributed by atoms with Crippen molar-refractivity contribution in [2.24, 2.45) is 0 Å². The predicted octanol–water partition coefficient (Wildman–Crippen LogP) is 3.93. The number of halogens is 1. The van der Waals surface area contributed by atoms with Crippen LogP contribution in [0.2, 0.25) is 0 Å². The van der Waals surface area contributed by atoms with Gasteiger partial charge >= 0.3 is 0 Å². The van der Waals surface area contributed by atoms with E-state index in [0.29, 0.717) is 11.6 Å². The first kappa shape index (κ1) is 14.9. The fourth-order valence-corrected chi connectivity index (χ4v) is 2.14. The molecular weight excluding hydrogens is 293 g/mol. The van der Waals surface area contributed by atoms with Gasteiger partial charge in [-0.05, 0) is 36.8 Å². The van der Waals surface area contributed by atoms with Crippen LogP contribution in [0.5, 0.6) is 0 Å². The van der Waals surface area contributed by atoms with Gasteiger partial charge in [0.1, 0.15) is 23.3 Å². The molecule has 0 amide bonds. The van der Waals surface area contributed by atoms with Gasteiger partial charge in [0.15, 0.2) is 0 Å². The Morgan fingerprint density at radius 2 is 1.74 bits per heavy atom. The fourth-order valence-electron chi connectivity index (χ4n) is 2.14. The van der Waals surface area contributed by atoms with E-state index in [1.807, 2.05) is 25.1 Å². The largest absolute Gasteiger partial charge is 0.363 e. The third-order valence-electron chi connectivity index (χ3n) is 3.30. The van der Waals surface area contributed by atoms with Crippen molar-refractivity contribution in [1.82, 2.24) is 15.0 Å². The quantitative estimate of drug-likeness (QED) is 0.748. The van der Waals surface area contributed by atoms with Crippen LogP contribution in [0.3, 0.4) is 0 Å². The van der Waals surface area contributed by atoms with Crippen molar-refractivity contribution in [3.63, 3.8) is 0 Å². The summed E-state index contributed by atoms with van der Waals surface area (Å²) in [5, 5.41) is 6.38. The topological polar surface area (TPSA) is 62.7 Å². The molecule has 0 spiro atoms. The maximum absolute atomic E-state index is 13.0. The molecular formula is C17H16FN5. The zero-order valence-electron chi connectivity index (χ0n) is 12.6. The first-order valence-electron chi connectivity index (χ1n) is 7.23. The summed E-state index contributed by atoms with van der Waals surface area (Å²) in [6.07, 6.45) is 4.85. The van der Waals surface area contributed by atoms with Gasteiger partial charge < -0.3 is 10.6 Å². The Kier molecular flexibility index (Phi) is 4.42. The van der Waals surface area contributed by atoms with Gasteiger partial charge in [0.2, 0.25) is 0 Å². The van der Waals surface area contributed by atoms with E-state index in [0.717, 1.165) is 11.4 Å².